The number of benzene rings is 1. The van der Waals surface area contributed by atoms with Crippen molar-refractivity contribution in [2.75, 3.05) is 20.8 Å². The van der Waals surface area contributed by atoms with Crippen LogP contribution in [0.15, 0.2) is 18.2 Å². The number of carbonyl (C=O) groups is 1. The molecule has 0 bridgehead atoms. The number of nitrogens with two attached hydrogens (primary N) is 1. The number of rotatable bonds is 9. The van der Waals surface area contributed by atoms with Gasteiger partial charge in [0.2, 0.25) is 5.91 Å². The highest BCUT2D eigenvalue weighted by atomic mass is 16.5. The van der Waals surface area contributed by atoms with E-state index in [9.17, 15) is 4.79 Å². The Morgan fingerprint density at radius 1 is 1.43 bits per heavy atom. The Labute approximate surface area is 126 Å². The van der Waals surface area contributed by atoms with Gasteiger partial charge in [0.25, 0.3) is 0 Å². The van der Waals surface area contributed by atoms with Gasteiger partial charge in [-0.25, -0.2) is 0 Å². The number of methoxy groups -OCH3 is 1. The molecule has 1 rings (SSSR count). The molecule has 5 nitrogen and oxygen atoms in total. The zero-order chi connectivity index (χ0) is 15.7. The molecule has 0 aliphatic carbocycles. The fourth-order valence-electron chi connectivity index (χ4n) is 1.95. The number of hydrogen-bond donors (Lipinski definition) is 2. The number of hydrogen-bond acceptors (Lipinski definition) is 4. The zero-order valence-electron chi connectivity index (χ0n) is 13.1. The molecule has 0 aromatic heterocycles. The van der Waals surface area contributed by atoms with Crippen LogP contribution < -0.4 is 20.5 Å². The van der Waals surface area contributed by atoms with Gasteiger partial charge in [0, 0.05) is 19.5 Å². The highest BCUT2D eigenvalue weighted by Crippen LogP contribution is 2.25. The molecule has 0 aliphatic heterocycles. The monoisotopic (exact) mass is 294 g/mol. The van der Waals surface area contributed by atoms with E-state index >= 15 is 0 Å². The fraction of sp³-hybridized carbons (Fsp3) is 0.562. The summed E-state index contributed by atoms with van der Waals surface area (Å²) < 4.78 is 11.0. The quantitative estimate of drug-likeness (QED) is 0.682. The third-order valence-electron chi connectivity index (χ3n) is 3.36. The summed E-state index contributed by atoms with van der Waals surface area (Å²) in [6.45, 7) is 2.57. The van der Waals surface area contributed by atoms with Crippen molar-refractivity contribution in [3.05, 3.63) is 23.8 Å². The first-order valence-electron chi connectivity index (χ1n) is 7.36. The number of carbonyl (C=O) groups excluding carboxylic acids is 1. The molecule has 0 heterocycles. The topological polar surface area (TPSA) is 73.6 Å². The molecule has 0 saturated heterocycles. The molecular formula is C16H26N2O3. The van der Waals surface area contributed by atoms with E-state index in [1.165, 1.54) is 0 Å². The Morgan fingerprint density at radius 2 is 2.19 bits per heavy atom. The van der Waals surface area contributed by atoms with Gasteiger partial charge >= 0.3 is 0 Å². The first-order chi connectivity index (χ1) is 10.1. The van der Waals surface area contributed by atoms with Gasteiger partial charge in [-0.3, -0.25) is 4.79 Å². The maximum atomic E-state index is 11.2. The van der Waals surface area contributed by atoms with E-state index in [1.54, 1.807) is 14.2 Å². The first kappa shape index (κ1) is 17.3. The number of amides is 1. The minimum atomic E-state index is 0.0292. The van der Waals surface area contributed by atoms with Gasteiger partial charge in [-0.05, 0) is 43.0 Å². The molecule has 1 unspecified atom stereocenters. The van der Waals surface area contributed by atoms with Crippen LogP contribution in [0.1, 0.15) is 31.7 Å². The lowest BCUT2D eigenvalue weighted by Gasteiger charge is -2.15. The van der Waals surface area contributed by atoms with Crippen LogP contribution in [0.2, 0.25) is 0 Å². The van der Waals surface area contributed by atoms with Gasteiger partial charge in [0.05, 0.1) is 13.7 Å². The highest BCUT2D eigenvalue weighted by Gasteiger charge is 2.10. The van der Waals surface area contributed by atoms with E-state index < -0.39 is 0 Å². The lowest BCUT2D eigenvalue weighted by molar-refractivity contribution is -0.120. The summed E-state index contributed by atoms with van der Waals surface area (Å²) in [5.74, 6) is 1.64. The average molecular weight is 294 g/mol. The largest absolute Gasteiger partial charge is 0.497 e. The van der Waals surface area contributed by atoms with Gasteiger partial charge in [-0.1, -0.05) is 6.92 Å². The average Bonchev–Trinajstić information content (AvgIpc) is 2.51. The number of nitrogens with one attached hydrogen (secondary N) is 1. The molecule has 0 aliphatic rings. The second-order valence-corrected chi connectivity index (χ2v) is 4.97. The Morgan fingerprint density at radius 3 is 2.81 bits per heavy atom. The molecule has 1 atom stereocenters. The van der Waals surface area contributed by atoms with Crippen molar-refractivity contribution in [2.24, 2.45) is 5.73 Å². The van der Waals surface area contributed by atoms with E-state index in [0.717, 1.165) is 29.9 Å². The molecular weight excluding hydrogens is 268 g/mol. The van der Waals surface area contributed by atoms with Crippen LogP contribution in [0.4, 0.5) is 0 Å². The SMILES string of the molecule is CCC(N)Cc1cc(OC)ccc1OCCCC(=O)NC. The van der Waals surface area contributed by atoms with Crippen LogP contribution in [0.25, 0.3) is 0 Å². The van der Waals surface area contributed by atoms with Crippen LogP contribution in [0.5, 0.6) is 11.5 Å². The van der Waals surface area contributed by atoms with Crippen LogP contribution in [-0.4, -0.2) is 32.7 Å². The third kappa shape index (κ3) is 6.04. The predicted octanol–water partition coefficient (Wildman–Crippen LogP) is 1.88. The minimum Gasteiger partial charge on any atom is -0.497 e. The lowest BCUT2D eigenvalue weighted by atomic mass is 10.0. The van der Waals surface area contributed by atoms with Crippen molar-refractivity contribution < 1.29 is 14.3 Å². The van der Waals surface area contributed by atoms with E-state index in [1.807, 2.05) is 18.2 Å². The molecule has 118 valence electrons. The van der Waals surface area contributed by atoms with Crippen molar-refractivity contribution in [2.45, 2.75) is 38.6 Å². The van der Waals surface area contributed by atoms with Crippen LogP contribution in [0, 0.1) is 0 Å². The number of ether oxygens (including phenoxy) is 2. The normalized spacial score (nSPS) is 11.8. The second kappa shape index (κ2) is 9.23. The highest BCUT2D eigenvalue weighted by molar-refractivity contribution is 5.75. The molecule has 0 saturated carbocycles. The van der Waals surface area contributed by atoms with E-state index in [-0.39, 0.29) is 11.9 Å². The third-order valence-corrected chi connectivity index (χ3v) is 3.36. The predicted molar refractivity (Wildman–Crippen MR) is 83.8 cm³/mol. The maximum absolute atomic E-state index is 11.2. The molecule has 1 aromatic rings. The summed E-state index contributed by atoms with van der Waals surface area (Å²) in [4.78, 5) is 11.2. The second-order valence-electron chi connectivity index (χ2n) is 4.97. The molecule has 1 amide bonds. The summed E-state index contributed by atoms with van der Waals surface area (Å²) >= 11 is 0. The summed E-state index contributed by atoms with van der Waals surface area (Å²) in [6.07, 6.45) is 2.81. The van der Waals surface area contributed by atoms with Crippen LogP contribution in [-0.2, 0) is 11.2 Å². The van der Waals surface area contributed by atoms with Crippen molar-refractivity contribution in [1.82, 2.24) is 5.32 Å². The van der Waals surface area contributed by atoms with Crippen molar-refractivity contribution in [3.63, 3.8) is 0 Å². The Bertz CT molecular complexity index is 449. The summed E-state index contributed by atoms with van der Waals surface area (Å²) in [5.41, 5.74) is 7.07. The van der Waals surface area contributed by atoms with Gasteiger partial charge in [-0.2, -0.15) is 0 Å². The van der Waals surface area contributed by atoms with Gasteiger partial charge in [0.15, 0.2) is 0 Å². The lowest BCUT2D eigenvalue weighted by Crippen LogP contribution is -2.22. The van der Waals surface area contributed by atoms with Gasteiger partial charge < -0.3 is 20.5 Å². The molecule has 1 aromatic carbocycles. The molecule has 5 heteroatoms. The van der Waals surface area contributed by atoms with Crippen LogP contribution >= 0.6 is 0 Å². The fourth-order valence-corrected chi connectivity index (χ4v) is 1.95. The van der Waals surface area contributed by atoms with Crippen molar-refractivity contribution >= 4 is 5.91 Å². The van der Waals surface area contributed by atoms with Crippen molar-refractivity contribution in [1.29, 1.82) is 0 Å². The van der Waals surface area contributed by atoms with Crippen LogP contribution in [0.3, 0.4) is 0 Å². The molecule has 0 radical (unpaired) electrons. The summed E-state index contributed by atoms with van der Waals surface area (Å²) in [5, 5.41) is 2.60. The Balaban J connectivity index is 2.64. The minimum absolute atomic E-state index is 0.0292. The smallest absolute Gasteiger partial charge is 0.219 e. The maximum Gasteiger partial charge on any atom is 0.219 e. The molecule has 0 fully saturated rings. The Hall–Kier alpha value is -1.75. The van der Waals surface area contributed by atoms with Gasteiger partial charge in [0.1, 0.15) is 11.5 Å². The zero-order valence-corrected chi connectivity index (χ0v) is 13.1. The van der Waals surface area contributed by atoms with E-state index in [2.05, 4.69) is 12.2 Å². The standard InChI is InChI=1S/C16H26N2O3/c1-4-13(17)10-12-11-14(20-3)7-8-15(12)21-9-5-6-16(19)18-2/h7-8,11,13H,4-6,9-10,17H2,1-3H3,(H,18,19). The van der Waals surface area contributed by atoms with Crippen molar-refractivity contribution in [3.8, 4) is 11.5 Å². The van der Waals surface area contributed by atoms with Gasteiger partial charge in [-0.15, -0.1) is 0 Å². The molecule has 3 N–H and O–H groups in total. The first-order valence-corrected chi connectivity index (χ1v) is 7.36. The summed E-state index contributed by atoms with van der Waals surface area (Å²) in [7, 11) is 3.28. The van der Waals surface area contributed by atoms with E-state index in [4.69, 9.17) is 15.2 Å². The molecule has 0 spiro atoms. The molecule has 21 heavy (non-hydrogen) atoms. The summed E-state index contributed by atoms with van der Waals surface area (Å²) in [6, 6.07) is 5.83. The van der Waals surface area contributed by atoms with E-state index in [0.29, 0.717) is 19.4 Å². The Kier molecular flexibility index (Phi) is 7.61.